The first-order valence-corrected chi connectivity index (χ1v) is 7.07. The van der Waals surface area contributed by atoms with Crippen molar-refractivity contribution in [1.82, 2.24) is 0 Å². The van der Waals surface area contributed by atoms with Crippen molar-refractivity contribution >= 4 is 0 Å². The van der Waals surface area contributed by atoms with Gasteiger partial charge in [0, 0.05) is 0 Å². The Labute approximate surface area is 98.6 Å². The highest BCUT2D eigenvalue weighted by molar-refractivity contribution is 5.00. The zero-order valence-electron chi connectivity index (χ0n) is 10.3. The van der Waals surface area contributed by atoms with Crippen LogP contribution in [0.3, 0.4) is 0 Å². The maximum absolute atomic E-state index is 10.5. The van der Waals surface area contributed by atoms with Gasteiger partial charge in [0.15, 0.2) is 0 Å². The molecule has 4 bridgehead atoms. The molecule has 4 rings (SSSR count). The summed E-state index contributed by atoms with van der Waals surface area (Å²) in [6, 6.07) is 0. The van der Waals surface area contributed by atoms with Crippen LogP contribution in [-0.4, -0.2) is 17.8 Å². The van der Waals surface area contributed by atoms with Gasteiger partial charge in [-0.1, -0.05) is 6.92 Å². The maximum Gasteiger partial charge on any atom is 0.0611 e. The van der Waals surface area contributed by atoms with Gasteiger partial charge in [0.25, 0.3) is 0 Å². The second-order valence-electron chi connectivity index (χ2n) is 6.71. The van der Waals surface area contributed by atoms with Crippen LogP contribution in [-0.2, 0) is 0 Å². The summed E-state index contributed by atoms with van der Waals surface area (Å²) >= 11 is 0. The van der Waals surface area contributed by atoms with Gasteiger partial charge >= 0.3 is 0 Å². The average molecular weight is 223 g/mol. The Kier molecular flexibility index (Phi) is 2.75. The van der Waals surface area contributed by atoms with Crippen LogP contribution >= 0.6 is 0 Å². The largest absolute Gasteiger partial charge is 0.392 e. The SMILES string of the molecule is CC(CN)C(O)C1C2CC3CC(C2)CC1C3. The number of nitrogens with two attached hydrogens (primary N) is 1. The highest BCUT2D eigenvalue weighted by atomic mass is 16.3. The zero-order chi connectivity index (χ0) is 11.3. The van der Waals surface area contributed by atoms with Crippen LogP contribution in [0.25, 0.3) is 0 Å². The van der Waals surface area contributed by atoms with Crippen molar-refractivity contribution in [2.24, 2.45) is 41.2 Å². The Morgan fingerprint density at radius 3 is 2.00 bits per heavy atom. The summed E-state index contributed by atoms with van der Waals surface area (Å²) in [7, 11) is 0. The lowest BCUT2D eigenvalue weighted by molar-refractivity contribution is -0.102. The fourth-order valence-corrected chi connectivity index (χ4v) is 5.04. The van der Waals surface area contributed by atoms with E-state index in [1.807, 2.05) is 0 Å². The molecule has 0 heterocycles. The summed E-state index contributed by atoms with van der Waals surface area (Å²) in [5.41, 5.74) is 5.71. The van der Waals surface area contributed by atoms with Crippen LogP contribution in [0.5, 0.6) is 0 Å². The normalized spacial score (nSPS) is 49.3. The van der Waals surface area contributed by atoms with Gasteiger partial charge in [0.1, 0.15) is 0 Å². The Morgan fingerprint density at radius 2 is 1.56 bits per heavy atom. The van der Waals surface area contributed by atoms with E-state index in [4.69, 9.17) is 5.73 Å². The molecule has 2 atom stereocenters. The lowest BCUT2D eigenvalue weighted by atomic mass is 9.50. The summed E-state index contributed by atoms with van der Waals surface area (Å²) < 4.78 is 0. The van der Waals surface area contributed by atoms with Crippen molar-refractivity contribution < 1.29 is 5.11 Å². The first-order valence-electron chi connectivity index (χ1n) is 7.07. The van der Waals surface area contributed by atoms with Gasteiger partial charge < -0.3 is 10.8 Å². The molecular weight excluding hydrogens is 198 g/mol. The predicted molar refractivity (Wildman–Crippen MR) is 64.8 cm³/mol. The minimum Gasteiger partial charge on any atom is -0.392 e. The van der Waals surface area contributed by atoms with Gasteiger partial charge in [0.2, 0.25) is 0 Å². The van der Waals surface area contributed by atoms with Crippen LogP contribution in [0, 0.1) is 35.5 Å². The fraction of sp³-hybridized carbons (Fsp3) is 1.00. The molecule has 0 amide bonds. The molecule has 2 nitrogen and oxygen atoms in total. The molecule has 4 saturated carbocycles. The highest BCUT2D eigenvalue weighted by Crippen LogP contribution is 2.57. The Hall–Kier alpha value is -0.0800. The van der Waals surface area contributed by atoms with Gasteiger partial charge in [-0.05, 0) is 74.2 Å². The molecule has 2 heteroatoms. The molecule has 3 N–H and O–H groups in total. The summed E-state index contributed by atoms with van der Waals surface area (Å²) in [6.07, 6.45) is 6.93. The minimum absolute atomic E-state index is 0.139. The number of rotatable bonds is 3. The van der Waals surface area contributed by atoms with E-state index in [1.165, 1.54) is 32.1 Å². The van der Waals surface area contributed by atoms with Crippen molar-refractivity contribution in [3.8, 4) is 0 Å². The van der Waals surface area contributed by atoms with Gasteiger partial charge in [-0.15, -0.1) is 0 Å². The molecule has 0 radical (unpaired) electrons. The third-order valence-electron chi connectivity index (χ3n) is 5.65. The molecule has 16 heavy (non-hydrogen) atoms. The lowest BCUT2D eigenvalue weighted by Crippen LogP contribution is -2.51. The zero-order valence-corrected chi connectivity index (χ0v) is 10.3. The van der Waals surface area contributed by atoms with E-state index >= 15 is 0 Å². The average Bonchev–Trinajstić information content (AvgIpc) is 2.26. The number of hydrogen-bond donors (Lipinski definition) is 2. The topological polar surface area (TPSA) is 46.2 Å². The second-order valence-corrected chi connectivity index (χ2v) is 6.71. The van der Waals surface area contributed by atoms with Crippen LogP contribution in [0.2, 0.25) is 0 Å². The highest BCUT2D eigenvalue weighted by Gasteiger charge is 2.50. The molecule has 0 aromatic heterocycles. The van der Waals surface area contributed by atoms with Crippen molar-refractivity contribution in [3.63, 3.8) is 0 Å². The number of aliphatic hydroxyl groups excluding tert-OH is 1. The summed E-state index contributed by atoms with van der Waals surface area (Å²) in [4.78, 5) is 0. The maximum atomic E-state index is 10.5. The van der Waals surface area contributed by atoms with Gasteiger partial charge in [-0.25, -0.2) is 0 Å². The van der Waals surface area contributed by atoms with Crippen molar-refractivity contribution in [2.75, 3.05) is 6.54 Å². The molecule has 0 aromatic carbocycles. The van der Waals surface area contributed by atoms with E-state index in [2.05, 4.69) is 6.92 Å². The minimum atomic E-state index is -0.139. The standard InChI is InChI=1S/C14H25NO/c1-8(7-15)14(16)13-11-3-9-2-10(5-11)6-12(13)4-9/h8-14,16H,2-7,15H2,1H3. The molecular formula is C14H25NO. The molecule has 0 aromatic rings. The molecule has 4 aliphatic rings. The Bertz CT molecular complexity index is 235. The molecule has 0 spiro atoms. The van der Waals surface area contributed by atoms with E-state index in [-0.39, 0.29) is 12.0 Å². The summed E-state index contributed by atoms with van der Waals surface area (Å²) in [5.74, 6) is 4.49. The van der Waals surface area contributed by atoms with Crippen molar-refractivity contribution in [2.45, 2.75) is 45.1 Å². The smallest absolute Gasteiger partial charge is 0.0611 e. The molecule has 0 saturated heterocycles. The van der Waals surface area contributed by atoms with Crippen LogP contribution in [0.4, 0.5) is 0 Å². The molecule has 0 aliphatic heterocycles. The lowest BCUT2D eigenvalue weighted by Gasteiger charge is -2.56. The molecule has 92 valence electrons. The Balaban J connectivity index is 1.76. The van der Waals surface area contributed by atoms with Crippen LogP contribution in [0.15, 0.2) is 0 Å². The van der Waals surface area contributed by atoms with E-state index in [0.717, 1.165) is 23.7 Å². The van der Waals surface area contributed by atoms with Crippen LogP contribution in [0.1, 0.15) is 39.0 Å². The van der Waals surface area contributed by atoms with Gasteiger partial charge in [-0.2, -0.15) is 0 Å². The first kappa shape index (κ1) is 11.0. The second kappa shape index (κ2) is 3.99. The van der Waals surface area contributed by atoms with Gasteiger partial charge in [0.05, 0.1) is 6.10 Å². The molecule has 4 aliphatic carbocycles. The quantitative estimate of drug-likeness (QED) is 0.769. The van der Waals surface area contributed by atoms with E-state index in [9.17, 15) is 5.11 Å². The fourth-order valence-electron chi connectivity index (χ4n) is 5.04. The first-order chi connectivity index (χ1) is 7.69. The number of aliphatic hydroxyl groups is 1. The molecule has 2 unspecified atom stereocenters. The third-order valence-corrected chi connectivity index (χ3v) is 5.65. The van der Waals surface area contributed by atoms with E-state index < -0.39 is 0 Å². The van der Waals surface area contributed by atoms with Crippen molar-refractivity contribution in [3.05, 3.63) is 0 Å². The molecule has 4 fully saturated rings. The van der Waals surface area contributed by atoms with Crippen molar-refractivity contribution in [1.29, 1.82) is 0 Å². The summed E-state index contributed by atoms with van der Waals surface area (Å²) in [6.45, 7) is 2.74. The van der Waals surface area contributed by atoms with E-state index in [0.29, 0.717) is 12.5 Å². The summed E-state index contributed by atoms with van der Waals surface area (Å²) in [5, 5.41) is 10.5. The van der Waals surface area contributed by atoms with Gasteiger partial charge in [-0.3, -0.25) is 0 Å². The monoisotopic (exact) mass is 223 g/mol. The predicted octanol–water partition coefficient (Wildman–Crippen LogP) is 2.01. The van der Waals surface area contributed by atoms with Crippen LogP contribution < -0.4 is 5.73 Å². The third kappa shape index (κ3) is 1.62. The van der Waals surface area contributed by atoms with E-state index in [1.54, 1.807) is 0 Å². The Morgan fingerprint density at radius 1 is 1.06 bits per heavy atom. The number of hydrogen-bond acceptors (Lipinski definition) is 2.